The van der Waals surface area contributed by atoms with E-state index in [9.17, 15) is 0 Å². The van der Waals surface area contributed by atoms with Crippen LogP contribution in [-0.4, -0.2) is 22.6 Å². The lowest BCUT2D eigenvalue weighted by Crippen LogP contribution is -2.63. The number of ether oxygens (including phenoxy) is 2. The van der Waals surface area contributed by atoms with E-state index in [2.05, 4.69) is 262 Å². The minimum Gasteiger partial charge on any atom is -0.458 e. The Balaban J connectivity index is 0.910. The number of para-hydroxylation sites is 7. The SMILES string of the molecule is c1ccc(N2c3ccccc3B3c4cc5c(cc4Oc4cc(-n6c7ccccc7c7ccccc76)cc2c43)Oc2cc(-n3c4ccccc4c4ccccc43)cc3c2B5c2c(sc4ccccc24)N3c2ccccc2)cc1. The van der Waals surface area contributed by atoms with Crippen LogP contribution >= 0.6 is 11.3 Å². The zero-order valence-electron chi connectivity index (χ0n) is 41.3. The second-order valence-electron chi connectivity index (χ2n) is 20.7. The number of fused-ring (bicyclic) bond motifs is 16. The standard InChI is InChI=1S/C68H40B2N4O2S/c1-3-19-41(20-4-1)71-57-33-17-12-28-50(57)69-51-39-52-61(40-60(51)75-62-37-43(35-58(71)66(62)69)72-53-29-13-7-23-45(53)46-24-8-14-30-54(46)72)76-63-38-44(73-55-31-15-9-25-47(55)48-26-10-16-32-56(48)73)36-59-67(63)70(52)65-49-27-11-18-34-64(49)77-68(65)74(59)42-21-5-2-6-22-42/h1-40H. The fourth-order valence-corrected chi connectivity index (χ4v) is 15.0. The highest BCUT2D eigenvalue weighted by Gasteiger charge is 2.48. The van der Waals surface area contributed by atoms with Crippen LogP contribution in [-0.2, 0) is 0 Å². The number of hydrogen-bond donors (Lipinski definition) is 0. The summed E-state index contributed by atoms with van der Waals surface area (Å²) in [5.41, 5.74) is 19.3. The molecule has 77 heavy (non-hydrogen) atoms. The van der Waals surface area contributed by atoms with Crippen molar-refractivity contribution in [3.05, 3.63) is 243 Å². The molecular weight excluding hydrogens is 958 g/mol. The Bertz CT molecular complexity index is 4770. The van der Waals surface area contributed by atoms with Gasteiger partial charge >= 0.3 is 0 Å². The van der Waals surface area contributed by atoms with E-state index in [4.69, 9.17) is 9.47 Å². The van der Waals surface area contributed by atoms with E-state index in [0.717, 1.165) is 107 Å². The van der Waals surface area contributed by atoms with E-state index in [0.29, 0.717) is 0 Å². The molecule has 0 saturated carbocycles. The van der Waals surface area contributed by atoms with Gasteiger partial charge in [0, 0.05) is 72.9 Å². The first kappa shape index (κ1) is 41.6. The van der Waals surface area contributed by atoms with Crippen LogP contribution < -0.4 is 52.1 Å². The maximum Gasteiger partial charge on any atom is 0.258 e. The smallest absolute Gasteiger partial charge is 0.258 e. The summed E-state index contributed by atoms with van der Waals surface area (Å²) in [6, 6.07) is 88.6. The van der Waals surface area contributed by atoms with Crippen molar-refractivity contribution in [3.63, 3.8) is 0 Å². The second-order valence-corrected chi connectivity index (χ2v) is 21.7. The van der Waals surface area contributed by atoms with Crippen molar-refractivity contribution in [3.8, 4) is 34.4 Å². The zero-order valence-corrected chi connectivity index (χ0v) is 42.1. The Hall–Kier alpha value is -9.69. The Labute approximate surface area is 447 Å². The van der Waals surface area contributed by atoms with Crippen LogP contribution in [0.4, 0.5) is 33.4 Å². The molecule has 9 heteroatoms. The van der Waals surface area contributed by atoms with Crippen LogP contribution in [0.3, 0.4) is 0 Å². The summed E-state index contributed by atoms with van der Waals surface area (Å²) >= 11 is 1.87. The topological polar surface area (TPSA) is 34.8 Å². The Morgan fingerprint density at radius 1 is 0.299 bits per heavy atom. The van der Waals surface area contributed by atoms with Gasteiger partial charge in [0.2, 0.25) is 0 Å². The normalized spacial score (nSPS) is 13.6. The van der Waals surface area contributed by atoms with Crippen molar-refractivity contribution in [2.75, 3.05) is 9.80 Å². The van der Waals surface area contributed by atoms with E-state index >= 15 is 0 Å². The summed E-state index contributed by atoms with van der Waals surface area (Å²) in [4.78, 5) is 4.94. The monoisotopic (exact) mass is 998 g/mol. The largest absolute Gasteiger partial charge is 0.458 e. The Kier molecular flexibility index (Phi) is 8.35. The van der Waals surface area contributed by atoms with Crippen molar-refractivity contribution in [2.45, 2.75) is 0 Å². The lowest BCUT2D eigenvalue weighted by atomic mass is 9.31. The molecule has 4 aliphatic heterocycles. The first-order chi connectivity index (χ1) is 38.2. The second kappa shape index (κ2) is 15.4. The van der Waals surface area contributed by atoms with Gasteiger partial charge in [0.15, 0.2) is 0 Å². The van der Waals surface area contributed by atoms with Crippen LogP contribution in [0.5, 0.6) is 23.0 Å². The summed E-state index contributed by atoms with van der Waals surface area (Å²) in [6.45, 7) is -0.287. The molecule has 4 aliphatic rings. The van der Waals surface area contributed by atoms with Crippen molar-refractivity contribution in [1.29, 1.82) is 0 Å². The molecule has 0 N–H and O–H groups in total. The third kappa shape index (κ3) is 5.65. The van der Waals surface area contributed by atoms with E-state index < -0.39 is 0 Å². The highest BCUT2D eigenvalue weighted by atomic mass is 32.1. The number of rotatable bonds is 4. The summed E-state index contributed by atoms with van der Waals surface area (Å²) in [6.07, 6.45) is 0. The summed E-state index contributed by atoms with van der Waals surface area (Å²) < 4.78 is 21.1. The van der Waals surface area contributed by atoms with E-state index in [1.807, 2.05) is 11.3 Å². The third-order valence-electron chi connectivity index (χ3n) is 16.8. The predicted molar refractivity (Wildman–Crippen MR) is 322 cm³/mol. The quantitative estimate of drug-likeness (QED) is 0.165. The zero-order chi connectivity index (χ0) is 50.0. The van der Waals surface area contributed by atoms with Gasteiger partial charge in [-0.15, -0.1) is 11.3 Å². The maximum absolute atomic E-state index is 7.53. The molecular formula is C68H40B2N4O2S. The fraction of sp³-hybridized carbons (Fsp3) is 0. The lowest BCUT2D eigenvalue weighted by Gasteiger charge is -2.42. The number of thiophene rings is 1. The minimum atomic E-state index is -0.148. The van der Waals surface area contributed by atoms with E-state index in [1.165, 1.54) is 47.6 Å². The molecule has 18 rings (SSSR count). The molecule has 11 aromatic carbocycles. The minimum absolute atomic E-state index is 0.140. The van der Waals surface area contributed by atoms with E-state index in [1.54, 1.807) is 0 Å². The molecule has 0 bridgehead atoms. The Morgan fingerprint density at radius 3 is 1.31 bits per heavy atom. The van der Waals surface area contributed by atoms with Crippen LogP contribution in [0, 0.1) is 0 Å². The van der Waals surface area contributed by atoms with E-state index in [-0.39, 0.29) is 13.4 Å². The van der Waals surface area contributed by atoms with Gasteiger partial charge in [0.25, 0.3) is 13.4 Å². The molecule has 0 atom stereocenters. The van der Waals surface area contributed by atoms with Crippen LogP contribution in [0.15, 0.2) is 243 Å². The molecule has 0 unspecified atom stereocenters. The highest BCUT2D eigenvalue weighted by Crippen LogP contribution is 2.49. The van der Waals surface area contributed by atoms with Gasteiger partial charge in [-0.25, -0.2) is 0 Å². The molecule has 0 spiro atoms. The van der Waals surface area contributed by atoms with Crippen molar-refractivity contribution < 1.29 is 9.47 Å². The van der Waals surface area contributed by atoms with Crippen molar-refractivity contribution in [1.82, 2.24) is 9.13 Å². The molecule has 3 aromatic heterocycles. The van der Waals surface area contributed by atoms with Crippen molar-refractivity contribution in [2.24, 2.45) is 0 Å². The van der Waals surface area contributed by atoms with Gasteiger partial charge in [0.1, 0.15) is 23.0 Å². The molecule has 14 aromatic rings. The van der Waals surface area contributed by atoms with Gasteiger partial charge in [-0.3, -0.25) is 0 Å². The number of aromatic nitrogens is 2. The molecule has 0 fully saturated rings. The highest BCUT2D eigenvalue weighted by molar-refractivity contribution is 7.26. The number of hydrogen-bond acceptors (Lipinski definition) is 5. The van der Waals surface area contributed by atoms with Gasteiger partial charge in [-0.05, 0) is 111 Å². The number of anilines is 6. The molecule has 0 amide bonds. The van der Waals surface area contributed by atoms with Gasteiger partial charge in [0.05, 0.1) is 38.4 Å². The Morgan fingerprint density at radius 2 is 0.740 bits per heavy atom. The van der Waals surface area contributed by atoms with Gasteiger partial charge in [-0.1, -0.05) is 152 Å². The molecule has 6 nitrogen and oxygen atoms in total. The summed E-state index contributed by atoms with van der Waals surface area (Å²) in [5.74, 6) is 3.28. The average Bonchev–Trinajstić information content (AvgIpc) is 4.33. The maximum atomic E-state index is 7.53. The first-order valence-corrected chi connectivity index (χ1v) is 27.2. The number of benzene rings is 11. The van der Waals surface area contributed by atoms with Crippen LogP contribution in [0.25, 0.3) is 65.1 Å². The van der Waals surface area contributed by atoms with Gasteiger partial charge < -0.3 is 28.4 Å². The number of nitrogens with zero attached hydrogens (tertiary/aromatic N) is 4. The molecule has 7 heterocycles. The first-order valence-electron chi connectivity index (χ1n) is 26.4. The molecule has 0 aliphatic carbocycles. The third-order valence-corrected chi connectivity index (χ3v) is 17.9. The van der Waals surface area contributed by atoms with Crippen LogP contribution in [0.1, 0.15) is 0 Å². The molecule has 0 saturated heterocycles. The van der Waals surface area contributed by atoms with Gasteiger partial charge in [-0.2, -0.15) is 0 Å². The van der Waals surface area contributed by atoms with Crippen molar-refractivity contribution >= 4 is 145 Å². The summed E-state index contributed by atoms with van der Waals surface area (Å²) in [5, 5.41) is 7.34. The lowest BCUT2D eigenvalue weighted by molar-refractivity contribution is 0.465. The van der Waals surface area contributed by atoms with Crippen LogP contribution in [0.2, 0.25) is 0 Å². The predicted octanol–water partition coefficient (Wildman–Crippen LogP) is 13.9. The summed E-state index contributed by atoms with van der Waals surface area (Å²) in [7, 11) is 0. The average molecular weight is 999 g/mol. The molecule has 0 radical (unpaired) electrons. The molecule has 356 valence electrons. The fourth-order valence-electron chi connectivity index (χ4n) is 13.7.